The summed E-state index contributed by atoms with van der Waals surface area (Å²) in [6, 6.07) is 21.3. The first-order valence-electron chi connectivity index (χ1n) is 22.1. The van der Waals surface area contributed by atoms with Gasteiger partial charge in [0.05, 0.1) is 31.9 Å². The molecule has 6 aromatic rings. The molecule has 0 radical (unpaired) electrons. The fraction of sp³-hybridized carbons (Fsp3) is 0.158. The Morgan fingerprint density at radius 3 is 1.35 bits per heavy atom. The molecule has 0 bridgehead atoms. The van der Waals surface area contributed by atoms with Crippen LogP contribution in [0.1, 0.15) is 56.4 Å². The molecule has 13 heteroatoms. The van der Waals surface area contributed by atoms with Crippen molar-refractivity contribution in [3.63, 3.8) is 0 Å². The number of aromatic nitrogens is 2. The number of amides is 2. The smallest absolute Gasteiger partial charge is 0.506 e. The Morgan fingerprint density at radius 1 is 0.647 bits per heavy atom. The van der Waals surface area contributed by atoms with Crippen LogP contribution < -0.4 is 50.5 Å². The zero-order valence-electron chi connectivity index (χ0n) is 42.3. The van der Waals surface area contributed by atoms with Crippen molar-refractivity contribution < 1.29 is 71.3 Å². The van der Waals surface area contributed by atoms with E-state index in [0.717, 1.165) is 0 Å². The minimum Gasteiger partial charge on any atom is -0.506 e. The number of carbonyl (C=O) groups is 2. The maximum absolute atomic E-state index is 13.6. The van der Waals surface area contributed by atoms with E-state index in [-0.39, 0.29) is 91.7 Å². The van der Waals surface area contributed by atoms with E-state index in [1.807, 2.05) is 0 Å². The summed E-state index contributed by atoms with van der Waals surface area (Å²) < 4.78 is 125. The number of rotatable bonds is 6. The molecule has 0 saturated heterocycles. The summed E-state index contributed by atoms with van der Waals surface area (Å²) in [4.78, 5) is 53.9. The first-order valence-corrected chi connectivity index (χ1v) is 14.9. The van der Waals surface area contributed by atoms with Crippen LogP contribution in [-0.4, -0.2) is 44.2 Å². The molecule has 0 unspecified atom stereocenters. The summed E-state index contributed by atoms with van der Waals surface area (Å²) in [7, 11) is 0. The molecule has 0 spiro atoms. The van der Waals surface area contributed by atoms with Gasteiger partial charge in [-0.1, -0.05) is 71.7 Å². The molecule has 256 valence electrons. The Labute approximate surface area is 348 Å². The number of para-hydroxylation sites is 2. The maximum atomic E-state index is 13.6. The molecule has 4 aromatic carbocycles. The van der Waals surface area contributed by atoms with Gasteiger partial charge in [-0.25, -0.2) is 0 Å². The van der Waals surface area contributed by atoms with Crippen molar-refractivity contribution in [1.29, 1.82) is 0 Å². The fourth-order valence-corrected chi connectivity index (χ4v) is 5.51. The van der Waals surface area contributed by atoms with Crippen molar-refractivity contribution >= 4 is 68.2 Å². The van der Waals surface area contributed by atoms with Gasteiger partial charge in [0.2, 0.25) is 0 Å². The Morgan fingerprint density at radius 2 is 1.02 bits per heavy atom. The van der Waals surface area contributed by atoms with Crippen molar-refractivity contribution in [2.75, 3.05) is 22.8 Å². The molecule has 51 heavy (non-hydrogen) atoms. The van der Waals surface area contributed by atoms with Crippen molar-refractivity contribution in [2.24, 2.45) is 14.0 Å². The maximum Gasteiger partial charge on any atom is 1.00 e. The zero-order valence-corrected chi connectivity index (χ0v) is 29.8. The Bertz CT molecular complexity index is 2780. The second-order valence-electron chi connectivity index (χ2n) is 10.2. The van der Waals surface area contributed by atoms with Crippen LogP contribution in [0.4, 0.5) is 11.4 Å². The number of hydrogen-bond acceptors (Lipinski definition) is 6. The first-order chi connectivity index (χ1) is 30.2. The summed E-state index contributed by atoms with van der Waals surface area (Å²) in [5.41, 5.74) is -6.24. The van der Waals surface area contributed by atoms with Gasteiger partial charge in [-0.3, -0.25) is 19.2 Å². The van der Waals surface area contributed by atoms with Crippen LogP contribution in [0.15, 0.2) is 107 Å². The summed E-state index contributed by atoms with van der Waals surface area (Å²) in [5.74, 6) is -5.09. The molecule has 10 nitrogen and oxygen atoms in total. The largest absolute Gasteiger partial charge is 1.00 e. The Kier molecular flexibility index (Phi) is 7.29. The first kappa shape index (κ1) is 22.4. The minimum atomic E-state index is -3.37. The Balaban J connectivity index is 0.000000288. The van der Waals surface area contributed by atoms with Crippen molar-refractivity contribution in [1.82, 2.24) is 9.13 Å². The molecule has 2 N–H and O–H groups in total. The minimum absolute atomic E-state index is 0. The third-order valence-electron chi connectivity index (χ3n) is 7.33. The SMILES string of the molecule is [2H]C([2H])([2H])n1c(=O)c(C(=O)N(c2ccccc2)C([2H])([2H])C([2H])([2H])[2H])c(O)c2c(Cl)cccc21.[2H]C([2H])([2H])n1c(=O)c(C(=O)N(c2ccccc2)C([2H])([2H])C([2H])([2H])[2H])c(O)c2c(Cl)cccc21.[Na+]. The van der Waals surface area contributed by atoms with Gasteiger partial charge in [-0.2, -0.15) is 0 Å². The van der Waals surface area contributed by atoms with E-state index in [2.05, 4.69) is 0 Å². The molecular formula is C38H34Cl2N4NaO6+. The van der Waals surface area contributed by atoms with Crippen LogP contribution in [0, 0.1) is 0 Å². The molecule has 2 heterocycles. The van der Waals surface area contributed by atoms with Gasteiger partial charge in [-0.15, -0.1) is 0 Å². The molecule has 0 aliphatic rings. The second-order valence-corrected chi connectivity index (χ2v) is 11.0. The topological polar surface area (TPSA) is 125 Å². The number of aryl methyl sites for hydroxylation is 2. The molecule has 2 aromatic heterocycles. The number of pyridine rings is 2. The average Bonchev–Trinajstić information content (AvgIpc) is 3.17. The van der Waals surface area contributed by atoms with Crippen LogP contribution in [0.3, 0.4) is 0 Å². The van der Waals surface area contributed by atoms with Crippen LogP contribution in [0.25, 0.3) is 21.8 Å². The van der Waals surface area contributed by atoms with Crippen molar-refractivity contribution in [3.8, 4) is 11.5 Å². The number of fused-ring (bicyclic) bond motifs is 2. The normalized spacial score (nSPS) is 16.8. The standard InChI is InChI=1S/2C19H17ClN2O3.Na/c2*1-3-22(12-8-5-4-6-9-12)19(25)16-17(23)15-13(20)10-7-11-14(15)21(2)18(16)24;/h2*4-11,23H,3H2,1-2H3;/q;;+1/i2*1D3,2D3,3D2;. The molecule has 0 atom stereocenters. The molecule has 6 rings (SSSR count). The van der Waals surface area contributed by atoms with E-state index in [0.29, 0.717) is 0 Å². The van der Waals surface area contributed by atoms with Gasteiger partial charge in [0.1, 0.15) is 22.6 Å². The van der Waals surface area contributed by atoms with Gasteiger partial charge >= 0.3 is 29.6 Å². The van der Waals surface area contributed by atoms with E-state index >= 15 is 0 Å². The molecule has 0 aliphatic heterocycles. The molecule has 2 amide bonds. The summed E-state index contributed by atoms with van der Waals surface area (Å²) >= 11 is 12.2. The summed E-state index contributed by atoms with van der Waals surface area (Å²) in [6.45, 7) is -19.6. The number of benzene rings is 4. The fourth-order valence-electron chi connectivity index (χ4n) is 4.99. The Hall–Kier alpha value is -4.58. The van der Waals surface area contributed by atoms with Crippen LogP contribution in [-0.2, 0) is 14.0 Å². The van der Waals surface area contributed by atoms with E-state index in [4.69, 9.17) is 45.1 Å². The van der Waals surface area contributed by atoms with Crippen LogP contribution in [0.5, 0.6) is 11.5 Å². The number of hydrogen-bond donors (Lipinski definition) is 2. The van der Waals surface area contributed by atoms with Gasteiger partial charge in [0, 0.05) is 60.3 Å². The number of anilines is 2. The number of carbonyl (C=O) groups excluding carboxylic acids is 2. The second kappa shape index (κ2) is 16.6. The monoisotopic (exact) mass is 751 g/mol. The average molecular weight is 753 g/mol. The van der Waals surface area contributed by atoms with Crippen LogP contribution in [0.2, 0.25) is 10.0 Å². The third kappa shape index (κ3) is 7.42. The van der Waals surface area contributed by atoms with Crippen molar-refractivity contribution in [3.05, 3.63) is 139 Å². The molecule has 0 fully saturated rings. The quantitative estimate of drug-likeness (QED) is 0.247. The van der Waals surface area contributed by atoms with Crippen LogP contribution >= 0.6 is 23.2 Å². The number of aromatic hydroxyl groups is 2. The van der Waals surface area contributed by atoms with Gasteiger partial charge in [-0.05, 0) is 62.2 Å². The zero-order chi connectivity index (χ0) is 49.9. The predicted octanol–water partition coefficient (Wildman–Crippen LogP) is 4.13. The van der Waals surface area contributed by atoms with Crippen molar-refractivity contribution in [2.45, 2.75) is 13.7 Å². The summed E-state index contributed by atoms with van der Waals surface area (Å²) in [6.07, 6.45) is 0. The van der Waals surface area contributed by atoms with Gasteiger partial charge < -0.3 is 29.1 Å². The van der Waals surface area contributed by atoms with Gasteiger partial charge in [0.15, 0.2) is 0 Å². The van der Waals surface area contributed by atoms with E-state index in [1.165, 1.54) is 97.1 Å². The van der Waals surface area contributed by atoms with Gasteiger partial charge in [0.25, 0.3) is 22.9 Å². The number of halogens is 2. The van der Waals surface area contributed by atoms with E-state index in [1.54, 1.807) is 0 Å². The molecule has 0 aliphatic carbocycles. The summed E-state index contributed by atoms with van der Waals surface area (Å²) in [5, 5.41) is 20.7. The third-order valence-corrected chi connectivity index (χ3v) is 7.96. The van der Waals surface area contributed by atoms with E-state index < -0.39 is 86.2 Å². The molecular weight excluding hydrogens is 702 g/mol. The van der Waals surface area contributed by atoms with E-state index in [9.17, 15) is 29.4 Å². The predicted molar refractivity (Wildman–Crippen MR) is 199 cm³/mol. The number of nitrogens with zero attached hydrogens (tertiary/aromatic N) is 4. The molecule has 0 saturated carbocycles.